The summed E-state index contributed by atoms with van der Waals surface area (Å²) in [6, 6.07) is 3.63. The molecule has 1 saturated heterocycles. The van der Waals surface area contributed by atoms with Gasteiger partial charge in [0.1, 0.15) is 0 Å². The average Bonchev–Trinajstić information content (AvgIpc) is 2.79. The summed E-state index contributed by atoms with van der Waals surface area (Å²) in [6.45, 7) is 9.22. The van der Waals surface area contributed by atoms with Gasteiger partial charge in [0.2, 0.25) is 0 Å². The van der Waals surface area contributed by atoms with Gasteiger partial charge in [-0.15, -0.1) is 0 Å². The zero-order chi connectivity index (χ0) is 18.6. The Hall–Kier alpha value is -1.47. The molecular formula is C18H22BrNO4S. The van der Waals surface area contributed by atoms with Crippen molar-refractivity contribution >= 4 is 44.9 Å². The van der Waals surface area contributed by atoms with E-state index < -0.39 is 0 Å². The van der Waals surface area contributed by atoms with Crippen LogP contribution in [-0.2, 0) is 4.79 Å². The molecule has 5 nitrogen and oxygen atoms in total. The third-order valence-corrected chi connectivity index (χ3v) is 4.96. The number of amides is 2. The van der Waals surface area contributed by atoms with Gasteiger partial charge in [-0.2, -0.15) is 0 Å². The van der Waals surface area contributed by atoms with Gasteiger partial charge in [-0.3, -0.25) is 14.5 Å². The van der Waals surface area contributed by atoms with Crippen LogP contribution in [-0.4, -0.2) is 35.8 Å². The number of hydrogen-bond donors (Lipinski definition) is 0. The molecule has 1 aromatic carbocycles. The Bertz CT molecular complexity index is 703. The number of nitrogens with zero attached hydrogens (tertiary/aromatic N) is 1. The van der Waals surface area contributed by atoms with E-state index in [1.807, 2.05) is 39.8 Å². The second-order valence-corrected chi connectivity index (χ2v) is 7.72. The van der Waals surface area contributed by atoms with Gasteiger partial charge < -0.3 is 9.47 Å². The normalized spacial score (nSPS) is 16.2. The second kappa shape index (κ2) is 8.76. The Kier molecular flexibility index (Phi) is 6.95. The summed E-state index contributed by atoms with van der Waals surface area (Å²) in [7, 11) is 0. The molecule has 1 heterocycles. The molecule has 136 valence electrons. The summed E-state index contributed by atoms with van der Waals surface area (Å²) in [5.74, 6) is 1.23. The number of hydrogen-bond acceptors (Lipinski definition) is 5. The fraction of sp³-hybridized carbons (Fsp3) is 0.444. The van der Waals surface area contributed by atoms with Crippen molar-refractivity contribution < 1.29 is 19.1 Å². The van der Waals surface area contributed by atoms with Crippen molar-refractivity contribution in [3.05, 3.63) is 27.1 Å². The zero-order valence-electron chi connectivity index (χ0n) is 14.8. The van der Waals surface area contributed by atoms with Crippen LogP contribution in [0.4, 0.5) is 4.79 Å². The molecule has 0 N–H and O–H groups in total. The first-order valence-electron chi connectivity index (χ1n) is 8.21. The zero-order valence-corrected chi connectivity index (χ0v) is 17.2. The molecule has 0 aliphatic carbocycles. The largest absolute Gasteiger partial charge is 0.490 e. The van der Waals surface area contributed by atoms with Crippen molar-refractivity contribution in [2.45, 2.75) is 27.7 Å². The molecular weight excluding hydrogens is 406 g/mol. The van der Waals surface area contributed by atoms with Crippen molar-refractivity contribution in [3.63, 3.8) is 0 Å². The number of halogens is 1. The fourth-order valence-electron chi connectivity index (χ4n) is 2.36. The van der Waals surface area contributed by atoms with Crippen LogP contribution in [0, 0.1) is 5.92 Å². The van der Waals surface area contributed by atoms with Gasteiger partial charge in [-0.05, 0) is 55.3 Å². The fourth-order valence-corrected chi connectivity index (χ4v) is 3.64. The van der Waals surface area contributed by atoms with E-state index in [2.05, 4.69) is 15.9 Å². The van der Waals surface area contributed by atoms with Crippen molar-refractivity contribution in [2.24, 2.45) is 5.92 Å². The van der Waals surface area contributed by atoms with Gasteiger partial charge in [-0.25, -0.2) is 0 Å². The molecule has 1 aliphatic heterocycles. The Labute approximate surface area is 160 Å². The van der Waals surface area contributed by atoms with Crippen LogP contribution >= 0.6 is 27.7 Å². The van der Waals surface area contributed by atoms with Crippen LogP contribution in [0.1, 0.15) is 33.3 Å². The van der Waals surface area contributed by atoms with Crippen molar-refractivity contribution in [2.75, 3.05) is 19.8 Å². The minimum Gasteiger partial charge on any atom is -0.490 e. The summed E-state index contributed by atoms with van der Waals surface area (Å²) in [5, 5.41) is -0.225. The minimum absolute atomic E-state index is 0.225. The molecule has 0 radical (unpaired) electrons. The maximum absolute atomic E-state index is 12.5. The van der Waals surface area contributed by atoms with Gasteiger partial charge in [0, 0.05) is 11.0 Å². The monoisotopic (exact) mass is 427 g/mol. The lowest BCUT2D eigenvalue weighted by Crippen LogP contribution is -2.31. The molecule has 0 atom stereocenters. The molecule has 2 rings (SSSR count). The van der Waals surface area contributed by atoms with Crippen molar-refractivity contribution in [1.29, 1.82) is 0 Å². The summed E-state index contributed by atoms with van der Waals surface area (Å²) < 4.78 is 12.0. The SMILES string of the molecule is CCOc1cc(Br)c(C=C2SC(=O)N(CC(C)C)C2=O)cc1OCC. The lowest BCUT2D eigenvalue weighted by molar-refractivity contribution is -0.123. The Morgan fingerprint density at radius 2 is 1.76 bits per heavy atom. The van der Waals surface area contributed by atoms with E-state index in [0.29, 0.717) is 36.2 Å². The van der Waals surface area contributed by atoms with E-state index in [9.17, 15) is 9.59 Å². The Balaban J connectivity index is 2.35. The summed E-state index contributed by atoms with van der Waals surface area (Å²) >= 11 is 4.47. The van der Waals surface area contributed by atoms with Crippen LogP contribution in [0.3, 0.4) is 0 Å². The third-order valence-electron chi connectivity index (χ3n) is 3.37. The smallest absolute Gasteiger partial charge is 0.293 e. The van der Waals surface area contributed by atoms with Gasteiger partial charge >= 0.3 is 0 Å². The molecule has 1 aliphatic rings. The van der Waals surface area contributed by atoms with Gasteiger partial charge in [0.15, 0.2) is 11.5 Å². The standard InChI is InChI=1S/C18H22BrNO4S/c1-5-23-14-7-12(13(19)9-15(14)24-6-2)8-16-17(21)20(10-11(3)4)18(22)25-16/h7-9,11H,5-6,10H2,1-4H3. The number of carbonyl (C=O) groups is 2. The molecule has 0 bridgehead atoms. The molecule has 25 heavy (non-hydrogen) atoms. The number of imide groups is 1. The highest BCUT2D eigenvalue weighted by atomic mass is 79.9. The first kappa shape index (κ1) is 19.8. The summed E-state index contributed by atoms with van der Waals surface area (Å²) in [5.41, 5.74) is 0.766. The molecule has 0 aromatic heterocycles. The van der Waals surface area contributed by atoms with E-state index in [-0.39, 0.29) is 17.1 Å². The average molecular weight is 428 g/mol. The lowest BCUT2D eigenvalue weighted by Gasteiger charge is -2.14. The minimum atomic E-state index is -0.248. The summed E-state index contributed by atoms with van der Waals surface area (Å²) in [4.78, 5) is 26.3. The van der Waals surface area contributed by atoms with E-state index in [4.69, 9.17) is 9.47 Å². The molecule has 7 heteroatoms. The highest BCUT2D eigenvalue weighted by Gasteiger charge is 2.35. The van der Waals surface area contributed by atoms with Crippen LogP contribution in [0.15, 0.2) is 21.5 Å². The first-order valence-corrected chi connectivity index (χ1v) is 9.82. The first-order chi connectivity index (χ1) is 11.9. The number of carbonyl (C=O) groups excluding carboxylic acids is 2. The number of ether oxygens (including phenoxy) is 2. The quantitative estimate of drug-likeness (QED) is 0.576. The highest BCUT2D eigenvalue weighted by Crippen LogP contribution is 2.38. The van der Waals surface area contributed by atoms with E-state index in [0.717, 1.165) is 21.8 Å². The topological polar surface area (TPSA) is 55.8 Å². The number of benzene rings is 1. The third kappa shape index (κ3) is 4.79. The predicted octanol–water partition coefficient (Wildman–Crippen LogP) is 4.94. The maximum Gasteiger partial charge on any atom is 0.293 e. The van der Waals surface area contributed by atoms with Gasteiger partial charge in [0.25, 0.3) is 11.1 Å². The van der Waals surface area contributed by atoms with Crippen LogP contribution in [0.2, 0.25) is 0 Å². The van der Waals surface area contributed by atoms with Gasteiger partial charge in [-0.1, -0.05) is 29.8 Å². The van der Waals surface area contributed by atoms with E-state index >= 15 is 0 Å². The van der Waals surface area contributed by atoms with Gasteiger partial charge in [0.05, 0.1) is 18.1 Å². The Morgan fingerprint density at radius 3 is 2.32 bits per heavy atom. The summed E-state index contributed by atoms with van der Waals surface area (Å²) in [6.07, 6.45) is 1.72. The molecule has 1 fully saturated rings. The maximum atomic E-state index is 12.5. The van der Waals surface area contributed by atoms with Crippen LogP contribution in [0.25, 0.3) is 6.08 Å². The number of thioether (sulfide) groups is 1. The van der Waals surface area contributed by atoms with Crippen molar-refractivity contribution in [1.82, 2.24) is 4.90 Å². The molecule has 2 amide bonds. The van der Waals surface area contributed by atoms with Crippen molar-refractivity contribution in [3.8, 4) is 11.5 Å². The molecule has 0 saturated carbocycles. The van der Waals surface area contributed by atoms with Crippen LogP contribution in [0.5, 0.6) is 11.5 Å². The highest BCUT2D eigenvalue weighted by molar-refractivity contribution is 9.10. The Morgan fingerprint density at radius 1 is 1.16 bits per heavy atom. The van der Waals surface area contributed by atoms with E-state index in [1.165, 1.54) is 4.90 Å². The lowest BCUT2D eigenvalue weighted by atomic mass is 10.1. The number of rotatable bonds is 7. The van der Waals surface area contributed by atoms with Crippen LogP contribution < -0.4 is 9.47 Å². The predicted molar refractivity (Wildman–Crippen MR) is 104 cm³/mol. The molecule has 1 aromatic rings. The second-order valence-electron chi connectivity index (χ2n) is 5.87. The molecule has 0 spiro atoms. The molecule has 0 unspecified atom stereocenters. The van der Waals surface area contributed by atoms with E-state index in [1.54, 1.807) is 6.08 Å².